The van der Waals surface area contributed by atoms with E-state index in [4.69, 9.17) is 0 Å². The van der Waals surface area contributed by atoms with Crippen molar-refractivity contribution in [3.63, 3.8) is 0 Å². The van der Waals surface area contributed by atoms with Gasteiger partial charge in [0.2, 0.25) is 0 Å². The number of nitrogens with one attached hydrogen (secondary N) is 1. The van der Waals surface area contributed by atoms with Gasteiger partial charge >= 0.3 is 4.87 Å². The summed E-state index contributed by atoms with van der Waals surface area (Å²) in [6.45, 7) is 3.28. The van der Waals surface area contributed by atoms with Gasteiger partial charge in [-0.25, -0.2) is 0 Å². The molecule has 0 radical (unpaired) electrons. The molecule has 27 heavy (non-hydrogen) atoms. The number of hydrogen-bond donors (Lipinski definition) is 1. The number of amides is 1. The zero-order valence-electron chi connectivity index (χ0n) is 15.4. The molecular weight excluding hydrogens is 358 g/mol. The molecule has 0 bridgehead atoms. The fraction of sp³-hybridized carbons (Fsp3) is 0.333. The zero-order chi connectivity index (χ0) is 18.8. The van der Waals surface area contributed by atoms with Crippen molar-refractivity contribution in [2.75, 3.05) is 18.4 Å². The minimum Gasteiger partial charge on any atom is -0.322 e. The minimum atomic E-state index is -0.137. The fourth-order valence-electron chi connectivity index (χ4n) is 3.55. The lowest BCUT2D eigenvalue weighted by molar-refractivity contribution is 0.102. The third-order valence-corrected chi connectivity index (χ3v) is 6.12. The first-order valence-corrected chi connectivity index (χ1v) is 10.1. The highest BCUT2D eigenvalue weighted by Gasteiger charge is 2.12. The van der Waals surface area contributed by atoms with Crippen LogP contribution in [0.4, 0.5) is 5.69 Å². The molecule has 0 saturated carbocycles. The van der Waals surface area contributed by atoms with E-state index in [-0.39, 0.29) is 10.8 Å². The van der Waals surface area contributed by atoms with E-state index in [1.54, 1.807) is 11.6 Å². The van der Waals surface area contributed by atoms with E-state index in [1.807, 2.05) is 42.5 Å². The molecule has 0 unspecified atom stereocenters. The molecule has 1 amide bonds. The van der Waals surface area contributed by atoms with Crippen LogP contribution >= 0.6 is 11.3 Å². The standard InChI is InChI=1S/C21H23N3O2S/c1-23-18-10-9-17(13-19(18)27-21(23)26)22-20(25)16-7-5-15(6-8-16)14-24-11-3-2-4-12-24/h5-10,13H,2-4,11-12,14H2,1H3,(H,22,25). The van der Waals surface area contributed by atoms with Gasteiger partial charge in [0.05, 0.1) is 10.2 Å². The largest absolute Gasteiger partial charge is 0.322 e. The van der Waals surface area contributed by atoms with E-state index in [0.717, 1.165) is 29.9 Å². The Labute approximate surface area is 162 Å². The van der Waals surface area contributed by atoms with Gasteiger partial charge in [0.25, 0.3) is 5.91 Å². The van der Waals surface area contributed by atoms with E-state index >= 15 is 0 Å². The van der Waals surface area contributed by atoms with E-state index in [2.05, 4.69) is 10.2 Å². The molecule has 2 heterocycles. The van der Waals surface area contributed by atoms with Crippen molar-refractivity contribution in [3.8, 4) is 0 Å². The summed E-state index contributed by atoms with van der Waals surface area (Å²) in [5, 5.41) is 2.93. The Hall–Kier alpha value is -2.44. The van der Waals surface area contributed by atoms with Crippen LogP contribution < -0.4 is 10.2 Å². The van der Waals surface area contributed by atoms with Crippen LogP contribution in [0.3, 0.4) is 0 Å². The lowest BCUT2D eigenvalue weighted by Crippen LogP contribution is -2.29. The summed E-state index contributed by atoms with van der Waals surface area (Å²) in [4.78, 5) is 26.8. The molecule has 1 aliphatic heterocycles. The van der Waals surface area contributed by atoms with Crippen LogP contribution in [0.25, 0.3) is 10.2 Å². The smallest absolute Gasteiger partial charge is 0.307 e. The molecule has 1 aliphatic rings. The Balaban J connectivity index is 1.44. The lowest BCUT2D eigenvalue weighted by atomic mass is 10.1. The number of fused-ring (bicyclic) bond motifs is 1. The zero-order valence-corrected chi connectivity index (χ0v) is 16.2. The van der Waals surface area contributed by atoms with Crippen molar-refractivity contribution >= 4 is 33.1 Å². The van der Waals surface area contributed by atoms with Crippen LogP contribution in [0, 0.1) is 0 Å². The monoisotopic (exact) mass is 381 g/mol. The number of likely N-dealkylation sites (tertiary alicyclic amines) is 1. The normalized spacial score (nSPS) is 15.1. The van der Waals surface area contributed by atoms with Crippen molar-refractivity contribution < 1.29 is 4.79 Å². The van der Waals surface area contributed by atoms with Crippen molar-refractivity contribution in [3.05, 3.63) is 63.3 Å². The molecule has 0 aliphatic carbocycles. The van der Waals surface area contributed by atoms with E-state index in [1.165, 1.54) is 36.2 Å². The Morgan fingerprint density at radius 1 is 1.07 bits per heavy atom. The number of anilines is 1. The van der Waals surface area contributed by atoms with Gasteiger partial charge in [-0.15, -0.1) is 0 Å². The maximum atomic E-state index is 12.5. The highest BCUT2D eigenvalue weighted by Crippen LogP contribution is 2.22. The Morgan fingerprint density at radius 3 is 2.56 bits per heavy atom. The van der Waals surface area contributed by atoms with Crippen molar-refractivity contribution in [2.24, 2.45) is 7.05 Å². The van der Waals surface area contributed by atoms with Crippen molar-refractivity contribution in [1.29, 1.82) is 0 Å². The molecule has 0 atom stereocenters. The first-order chi connectivity index (χ1) is 13.1. The number of rotatable bonds is 4. The number of aryl methyl sites for hydroxylation is 1. The van der Waals surface area contributed by atoms with E-state index in [9.17, 15) is 9.59 Å². The average Bonchev–Trinajstić information content (AvgIpc) is 2.96. The maximum absolute atomic E-state index is 12.5. The molecule has 1 fully saturated rings. The van der Waals surface area contributed by atoms with Gasteiger partial charge in [-0.2, -0.15) is 0 Å². The van der Waals surface area contributed by atoms with Crippen LogP contribution in [0.15, 0.2) is 47.3 Å². The number of carbonyl (C=O) groups excluding carboxylic acids is 1. The predicted octanol–water partition coefficient (Wildman–Crippen LogP) is 3.84. The van der Waals surface area contributed by atoms with Gasteiger partial charge in [0.15, 0.2) is 0 Å². The number of benzene rings is 2. The number of thiazole rings is 1. The Morgan fingerprint density at radius 2 is 1.81 bits per heavy atom. The van der Waals surface area contributed by atoms with Crippen LogP contribution in [-0.4, -0.2) is 28.5 Å². The van der Waals surface area contributed by atoms with Gasteiger partial charge in [-0.3, -0.25) is 14.5 Å². The lowest BCUT2D eigenvalue weighted by Gasteiger charge is -2.26. The molecular formula is C21H23N3O2S. The number of aromatic nitrogens is 1. The summed E-state index contributed by atoms with van der Waals surface area (Å²) in [5.74, 6) is -0.137. The third-order valence-electron chi connectivity index (χ3n) is 5.12. The highest BCUT2D eigenvalue weighted by molar-refractivity contribution is 7.16. The van der Waals surface area contributed by atoms with Gasteiger partial charge in [-0.1, -0.05) is 29.9 Å². The van der Waals surface area contributed by atoms with Crippen molar-refractivity contribution in [1.82, 2.24) is 9.47 Å². The maximum Gasteiger partial charge on any atom is 0.307 e. The average molecular weight is 382 g/mol. The first kappa shape index (κ1) is 17.9. The SMILES string of the molecule is Cn1c(=O)sc2cc(NC(=O)c3ccc(CN4CCCCC4)cc3)ccc21. The molecule has 1 aromatic heterocycles. The summed E-state index contributed by atoms with van der Waals surface area (Å²) in [5.41, 5.74) is 3.46. The summed E-state index contributed by atoms with van der Waals surface area (Å²) in [6, 6.07) is 13.4. The highest BCUT2D eigenvalue weighted by atomic mass is 32.1. The Kier molecular flexibility index (Phi) is 5.09. The first-order valence-electron chi connectivity index (χ1n) is 9.32. The second-order valence-corrected chi connectivity index (χ2v) is 8.09. The molecule has 140 valence electrons. The number of piperidine rings is 1. The van der Waals surface area contributed by atoms with Gasteiger partial charge in [0, 0.05) is 24.8 Å². The molecule has 4 rings (SSSR count). The molecule has 1 N–H and O–H groups in total. The van der Waals surface area contributed by atoms with Gasteiger partial charge in [0.1, 0.15) is 0 Å². The summed E-state index contributed by atoms with van der Waals surface area (Å²) >= 11 is 1.19. The second-order valence-electron chi connectivity index (χ2n) is 7.10. The van der Waals surface area contributed by atoms with Crippen LogP contribution in [0.5, 0.6) is 0 Å². The van der Waals surface area contributed by atoms with E-state index in [0.29, 0.717) is 11.3 Å². The topological polar surface area (TPSA) is 54.3 Å². The number of nitrogens with zero attached hydrogens (tertiary/aromatic N) is 2. The summed E-state index contributed by atoms with van der Waals surface area (Å²) in [7, 11) is 1.75. The number of hydrogen-bond acceptors (Lipinski definition) is 4. The summed E-state index contributed by atoms with van der Waals surface area (Å²) < 4.78 is 2.49. The van der Waals surface area contributed by atoms with E-state index < -0.39 is 0 Å². The van der Waals surface area contributed by atoms with Crippen molar-refractivity contribution in [2.45, 2.75) is 25.8 Å². The molecule has 6 heteroatoms. The van der Waals surface area contributed by atoms with Crippen LogP contribution in [-0.2, 0) is 13.6 Å². The molecule has 0 spiro atoms. The fourth-order valence-corrected chi connectivity index (χ4v) is 4.47. The van der Waals surface area contributed by atoms with Crippen LogP contribution in [0.2, 0.25) is 0 Å². The number of carbonyl (C=O) groups is 1. The second kappa shape index (κ2) is 7.66. The van der Waals surface area contributed by atoms with Gasteiger partial charge < -0.3 is 9.88 Å². The summed E-state index contributed by atoms with van der Waals surface area (Å²) in [6.07, 6.45) is 3.89. The van der Waals surface area contributed by atoms with Gasteiger partial charge in [-0.05, 0) is 61.8 Å². The molecule has 3 aromatic rings. The Bertz CT molecular complexity index is 1010. The third kappa shape index (κ3) is 3.96. The molecule has 2 aromatic carbocycles. The molecule has 5 nitrogen and oxygen atoms in total. The quantitative estimate of drug-likeness (QED) is 0.747. The minimum absolute atomic E-state index is 0.00206. The van der Waals surface area contributed by atoms with Crippen LogP contribution in [0.1, 0.15) is 35.2 Å². The molecule has 1 saturated heterocycles. The predicted molar refractivity (Wildman–Crippen MR) is 111 cm³/mol.